The molecule has 0 aliphatic carbocycles. The van der Waals surface area contributed by atoms with E-state index in [9.17, 15) is 20.4 Å². The summed E-state index contributed by atoms with van der Waals surface area (Å²) in [5, 5.41) is 44.4. The highest BCUT2D eigenvalue weighted by molar-refractivity contribution is 5.38. The molecule has 3 rings (SSSR count). The third-order valence-corrected chi connectivity index (χ3v) is 5.43. The second-order valence-corrected chi connectivity index (χ2v) is 8.55. The lowest BCUT2D eigenvalue weighted by Crippen LogP contribution is -2.60. The van der Waals surface area contributed by atoms with E-state index in [1.54, 1.807) is 30.7 Å². The van der Waals surface area contributed by atoms with Crippen LogP contribution in [0.15, 0.2) is 24.3 Å². The summed E-state index contributed by atoms with van der Waals surface area (Å²) >= 11 is 0. The van der Waals surface area contributed by atoms with Crippen molar-refractivity contribution in [2.45, 2.75) is 83.9 Å². The monoisotopic (exact) mass is 451 g/mol. The van der Waals surface area contributed by atoms with Gasteiger partial charge in [0.15, 0.2) is 0 Å². The smallest absolute Gasteiger partial charge is 0.239 e. The van der Waals surface area contributed by atoms with Crippen molar-refractivity contribution in [2.24, 2.45) is 0 Å². The molecule has 1 fully saturated rings. The summed E-state index contributed by atoms with van der Waals surface area (Å²) in [6, 6.07) is 7.43. The van der Waals surface area contributed by atoms with Gasteiger partial charge < -0.3 is 34.6 Å². The zero-order valence-corrected chi connectivity index (χ0v) is 19.1. The molecule has 0 spiro atoms. The molecule has 1 aromatic heterocycles. The van der Waals surface area contributed by atoms with Crippen LogP contribution in [0.5, 0.6) is 11.6 Å². The summed E-state index contributed by atoms with van der Waals surface area (Å²) < 4.78 is 26.6. The number of hydrogen-bond acceptors (Lipinski definition) is 8. The van der Waals surface area contributed by atoms with Gasteiger partial charge in [0.05, 0.1) is 14.1 Å². The van der Waals surface area contributed by atoms with E-state index in [-0.39, 0.29) is 11.9 Å². The first-order valence-corrected chi connectivity index (χ1v) is 10.7. The van der Waals surface area contributed by atoms with Crippen molar-refractivity contribution in [3.8, 4) is 11.6 Å². The van der Waals surface area contributed by atoms with Crippen LogP contribution in [0.1, 0.15) is 51.9 Å². The molecule has 4 N–H and O–H groups in total. The zero-order valence-electron chi connectivity index (χ0n) is 20.1. The highest BCUT2D eigenvalue weighted by atomic mass is 16.7. The van der Waals surface area contributed by atoms with Crippen LogP contribution in [0, 0.1) is 6.92 Å². The molecule has 0 bridgehead atoms. The predicted octanol–water partition coefficient (Wildman–Crippen LogP) is 1.33. The van der Waals surface area contributed by atoms with Crippen molar-refractivity contribution >= 4 is 0 Å². The van der Waals surface area contributed by atoms with Crippen LogP contribution in [0.4, 0.5) is 0 Å². The Morgan fingerprint density at radius 2 is 1.75 bits per heavy atom. The molecular formula is C23H34N2O7. The van der Waals surface area contributed by atoms with Crippen molar-refractivity contribution in [1.82, 2.24) is 9.78 Å². The summed E-state index contributed by atoms with van der Waals surface area (Å²) in [6.45, 7) is 8.66. The van der Waals surface area contributed by atoms with Crippen LogP contribution in [0.25, 0.3) is 0 Å². The first-order chi connectivity index (χ1) is 15.4. The Morgan fingerprint density at radius 1 is 1.09 bits per heavy atom. The minimum atomic E-state index is -1.54. The average molecular weight is 452 g/mol. The van der Waals surface area contributed by atoms with Gasteiger partial charge in [-0.25, -0.2) is 0 Å². The largest absolute Gasteiger partial charge is 0.491 e. The summed E-state index contributed by atoms with van der Waals surface area (Å²) in [6.07, 6.45) is -7.48. The maximum Gasteiger partial charge on any atom is 0.239 e. The molecule has 1 saturated heterocycles. The number of aliphatic hydroxyl groups is 4. The molecular weight excluding hydrogens is 416 g/mol. The third-order valence-electron chi connectivity index (χ3n) is 5.43. The lowest BCUT2D eigenvalue weighted by atomic mass is 9.99. The molecule has 178 valence electrons. The maximum atomic E-state index is 10.4. The summed E-state index contributed by atoms with van der Waals surface area (Å²) in [7, 11) is 0. The lowest BCUT2D eigenvalue weighted by Gasteiger charge is -2.39. The highest BCUT2D eigenvalue weighted by Gasteiger charge is 2.45. The van der Waals surface area contributed by atoms with E-state index >= 15 is 0 Å². The standard InChI is InChI=1S/C23H34N2O7/c1-12(2)25-14(5)17(10-15-6-8-16(9-7-15)30-13(3)4)22(24-25)32-23-21(29)20(28)19(27)18(11-26)31-23/h6-9,12-13,18-21,23,26-29H,10-11H2,1-5H3/t18-,19-,20+,21-,23+/m1/s1/i13D. The second-order valence-electron chi connectivity index (χ2n) is 8.55. The molecule has 5 atom stereocenters. The molecule has 0 amide bonds. The lowest BCUT2D eigenvalue weighted by molar-refractivity contribution is -0.278. The Kier molecular flexibility index (Phi) is 7.32. The first kappa shape index (κ1) is 23.0. The fourth-order valence-corrected chi connectivity index (χ4v) is 3.72. The van der Waals surface area contributed by atoms with E-state index in [0.29, 0.717) is 12.2 Å². The molecule has 0 saturated carbocycles. The minimum Gasteiger partial charge on any atom is -0.491 e. The number of aliphatic hydroxyl groups excluding tert-OH is 4. The molecule has 9 heteroatoms. The number of benzene rings is 1. The van der Waals surface area contributed by atoms with Crippen LogP contribution in [0.3, 0.4) is 0 Å². The topological polar surface area (TPSA) is 126 Å². The van der Waals surface area contributed by atoms with Gasteiger partial charge in [-0.1, -0.05) is 12.1 Å². The van der Waals surface area contributed by atoms with Gasteiger partial charge in [0, 0.05) is 23.7 Å². The molecule has 2 heterocycles. The molecule has 0 unspecified atom stereocenters. The molecule has 0 radical (unpaired) electrons. The SMILES string of the molecule is [2H]C(C)(C)Oc1ccc(Cc2c(O[C@@H]3O[C@H](CO)[C@@H](O)[C@H](O)[C@H]3O)nn(C(C)C)c2C)cc1. The van der Waals surface area contributed by atoms with Gasteiger partial charge in [-0.3, -0.25) is 4.68 Å². The quantitative estimate of drug-likeness (QED) is 0.474. The van der Waals surface area contributed by atoms with Gasteiger partial charge in [0.2, 0.25) is 12.2 Å². The van der Waals surface area contributed by atoms with Crippen LogP contribution in [-0.2, 0) is 11.2 Å². The fourth-order valence-electron chi connectivity index (χ4n) is 3.72. The molecule has 1 aliphatic rings. The van der Waals surface area contributed by atoms with Crippen LogP contribution >= 0.6 is 0 Å². The van der Waals surface area contributed by atoms with Gasteiger partial charge in [-0.05, 0) is 52.3 Å². The Morgan fingerprint density at radius 3 is 2.31 bits per heavy atom. The van der Waals surface area contributed by atoms with Crippen molar-refractivity contribution < 1.29 is 36.0 Å². The van der Waals surface area contributed by atoms with E-state index in [4.69, 9.17) is 15.6 Å². The summed E-state index contributed by atoms with van der Waals surface area (Å²) in [5.74, 6) is 0.823. The zero-order chi connectivity index (χ0) is 24.5. The van der Waals surface area contributed by atoms with Gasteiger partial charge in [-0.15, -0.1) is 5.10 Å². The molecule has 1 aliphatic heterocycles. The number of aromatic nitrogens is 2. The number of ether oxygens (including phenoxy) is 3. The van der Waals surface area contributed by atoms with Crippen molar-refractivity contribution in [1.29, 1.82) is 0 Å². The maximum absolute atomic E-state index is 10.4. The first-order valence-electron chi connectivity index (χ1n) is 11.2. The number of nitrogens with zero attached hydrogens (tertiary/aromatic N) is 2. The average Bonchev–Trinajstić information content (AvgIpc) is 3.04. The van der Waals surface area contributed by atoms with E-state index in [1.807, 2.05) is 32.9 Å². The molecule has 9 nitrogen and oxygen atoms in total. The van der Waals surface area contributed by atoms with E-state index in [1.165, 1.54) is 0 Å². The summed E-state index contributed by atoms with van der Waals surface area (Å²) in [4.78, 5) is 0. The van der Waals surface area contributed by atoms with Crippen LogP contribution in [-0.4, -0.2) is 73.6 Å². The fraction of sp³-hybridized carbons (Fsp3) is 0.609. The minimum absolute atomic E-state index is 0.0472. The van der Waals surface area contributed by atoms with Gasteiger partial charge in [0.1, 0.15) is 30.2 Å². The molecule has 2 aromatic rings. The van der Waals surface area contributed by atoms with Crippen molar-refractivity contribution in [3.05, 3.63) is 41.1 Å². The van der Waals surface area contributed by atoms with E-state index in [0.717, 1.165) is 16.8 Å². The van der Waals surface area contributed by atoms with Crippen LogP contribution < -0.4 is 9.47 Å². The second kappa shape index (κ2) is 10.2. The molecule has 1 aromatic carbocycles. The van der Waals surface area contributed by atoms with Crippen LogP contribution in [0.2, 0.25) is 0 Å². The van der Waals surface area contributed by atoms with Gasteiger partial charge >= 0.3 is 0 Å². The summed E-state index contributed by atoms with van der Waals surface area (Å²) in [5.41, 5.74) is 2.60. The van der Waals surface area contributed by atoms with E-state index < -0.39 is 43.4 Å². The predicted molar refractivity (Wildman–Crippen MR) is 117 cm³/mol. The van der Waals surface area contributed by atoms with Gasteiger partial charge in [0.25, 0.3) is 0 Å². The number of rotatable bonds is 8. The highest BCUT2D eigenvalue weighted by Crippen LogP contribution is 2.31. The number of hydrogen-bond donors (Lipinski definition) is 4. The van der Waals surface area contributed by atoms with Crippen molar-refractivity contribution in [3.63, 3.8) is 0 Å². The van der Waals surface area contributed by atoms with E-state index in [2.05, 4.69) is 5.10 Å². The third kappa shape index (κ3) is 5.24. The Hall–Kier alpha value is -2.17. The Balaban J connectivity index is 1.87. The molecule has 32 heavy (non-hydrogen) atoms. The van der Waals surface area contributed by atoms with Crippen molar-refractivity contribution in [2.75, 3.05) is 6.61 Å². The normalized spacial score (nSPS) is 26.8. The van der Waals surface area contributed by atoms with Gasteiger partial charge in [-0.2, -0.15) is 0 Å². The Bertz CT molecular complexity index is 924. The Labute approximate surface area is 189 Å².